The van der Waals surface area contributed by atoms with Gasteiger partial charge in [0, 0.05) is 5.69 Å². The molecule has 0 bridgehead atoms. The summed E-state index contributed by atoms with van der Waals surface area (Å²) >= 11 is 0. The summed E-state index contributed by atoms with van der Waals surface area (Å²) in [7, 11) is 0. The molecule has 0 radical (unpaired) electrons. The molecule has 0 spiro atoms. The number of hydrogen-bond donors (Lipinski definition) is 2. The van der Waals surface area contributed by atoms with Crippen molar-refractivity contribution in [2.45, 2.75) is 19.4 Å². The van der Waals surface area contributed by atoms with Crippen molar-refractivity contribution in [3.8, 4) is 5.69 Å². The number of aliphatic hydroxyl groups is 1. The molecule has 3 aromatic rings. The topological polar surface area (TPSA) is 92.9 Å². The molecule has 3 rings (SSSR count). The van der Waals surface area contributed by atoms with E-state index in [4.69, 9.17) is 0 Å². The third-order valence-electron chi connectivity index (χ3n) is 3.65. The van der Waals surface area contributed by atoms with E-state index in [1.54, 1.807) is 31.2 Å². The monoisotopic (exact) mass is 341 g/mol. The Bertz CT molecular complexity index is 882. The molecular weight excluding hydrogens is 325 g/mol. The Kier molecular flexibility index (Phi) is 4.80. The molecule has 0 aliphatic rings. The minimum atomic E-state index is -0.914. The predicted octanol–water partition coefficient (Wildman–Crippen LogP) is 2.17. The smallest absolute Gasteiger partial charge is 0.227 e. The first kappa shape index (κ1) is 16.7. The van der Waals surface area contributed by atoms with E-state index in [-0.39, 0.29) is 18.0 Å². The van der Waals surface area contributed by atoms with Crippen LogP contribution in [0.5, 0.6) is 0 Å². The van der Waals surface area contributed by atoms with E-state index in [2.05, 4.69) is 20.8 Å². The molecule has 0 aliphatic heterocycles. The normalized spacial score (nSPS) is 12.0. The van der Waals surface area contributed by atoms with Crippen molar-refractivity contribution < 1.29 is 14.3 Å². The van der Waals surface area contributed by atoms with Gasteiger partial charge >= 0.3 is 0 Å². The summed E-state index contributed by atoms with van der Waals surface area (Å²) in [6.45, 7) is 1.64. The van der Waals surface area contributed by atoms with E-state index in [9.17, 15) is 14.3 Å². The number of rotatable bonds is 5. The molecule has 1 heterocycles. The number of aliphatic hydroxyl groups excluding tert-OH is 1. The molecule has 2 N–H and O–H groups in total. The third kappa shape index (κ3) is 3.86. The number of carbonyl (C=O) groups excluding carboxylic acids is 1. The largest absolute Gasteiger partial charge is 0.388 e. The second kappa shape index (κ2) is 7.18. The van der Waals surface area contributed by atoms with Gasteiger partial charge in [0.05, 0.1) is 12.5 Å². The maximum absolute atomic E-state index is 14.0. The molecule has 128 valence electrons. The van der Waals surface area contributed by atoms with E-state index in [0.717, 1.165) is 0 Å². The first-order valence-corrected chi connectivity index (χ1v) is 7.62. The van der Waals surface area contributed by atoms with Gasteiger partial charge < -0.3 is 10.4 Å². The van der Waals surface area contributed by atoms with Crippen LogP contribution < -0.4 is 5.32 Å². The fourth-order valence-corrected chi connectivity index (χ4v) is 2.39. The summed E-state index contributed by atoms with van der Waals surface area (Å²) in [5, 5.41) is 23.7. The fourth-order valence-electron chi connectivity index (χ4n) is 2.39. The summed E-state index contributed by atoms with van der Waals surface area (Å²) in [4.78, 5) is 12.1. The zero-order chi connectivity index (χ0) is 17.8. The van der Waals surface area contributed by atoms with E-state index in [1.807, 2.05) is 6.07 Å². The highest BCUT2D eigenvalue weighted by molar-refractivity contribution is 5.91. The number of nitrogens with one attached hydrogen (secondary N) is 1. The van der Waals surface area contributed by atoms with Gasteiger partial charge in [0.2, 0.25) is 5.91 Å². The van der Waals surface area contributed by atoms with Gasteiger partial charge in [-0.2, -0.15) is 4.68 Å². The third-order valence-corrected chi connectivity index (χ3v) is 3.65. The first-order valence-electron chi connectivity index (χ1n) is 7.62. The number of tetrazole rings is 1. The van der Waals surface area contributed by atoms with Crippen LogP contribution in [0.4, 0.5) is 10.1 Å². The molecule has 0 saturated carbocycles. The fraction of sp³-hybridized carbons (Fsp3) is 0.176. The maximum atomic E-state index is 14.0. The predicted molar refractivity (Wildman–Crippen MR) is 88.5 cm³/mol. The molecular formula is C17H16FN5O2. The van der Waals surface area contributed by atoms with Crippen molar-refractivity contribution >= 4 is 11.6 Å². The molecule has 2 aromatic carbocycles. The Balaban J connectivity index is 1.73. The summed E-state index contributed by atoms with van der Waals surface area (Å²) in [6.07, 6.45) is -1.02. The Labute approximate surface area is 143 Å². The van der Waals surface area contributed by atoms with Crippen LogP contribution in [-0.4, -0.2) is 31.2 Å². The van der Waals surface area contributed by atoms with Crippen LogP contribution in [0.2, 0.25) is 0 Å². The SMILES string of the molecule is Cc1nnnn1-c1cc(NC(=O)CC(O)c2ccccc2)ccc1F. The summed E-state index contributed by atoms with van der Waals surface area (Å²) in [6, 6.07) is 13.0. The first-order chi connectivity index (χ1) is 12.0. The van der Waals surface area contributed by atoms with Crippen LogP contribution in [0, 0.1) is 12.7 Å². The number of amides is 1. The number of aromatic nitrogens is 4. The number of carbonyl (C=O) groups is 1. The number of benzene rings is 2. The number of nitrogens with zero attached hydrogens (tertiary/aromatic N) is 4. The van der Waals surface area contributed by atoms with Crippen molar-refractivity contribution in [1.82, 2.24) is 20.2 Å². The summed E-state index contributed by atoms with van der Waals surface area (Å²) < 4.78 is 15.3. The van der Waals surface area contributed by atoms with Crippen molar-refractivity contribution in [3.05, 3.63) is 65.7 Å². The number of aryl methyl sites for hydroxylation is 1. The lowest BCUT2D eigenvalue weighted by Crippen LogP contribution is -2.16. The Hall–Kier alpha value is -3.13. The lowest BCUT2D eigenvalue weighted by Gasteiger charge is -2.12. The van der Waals surface area contributed by atoms with E-state index in [1.165, 1.54) is 22.9 Å². The van der Waals surface area contributed by atoms with E-state index < -0.39 is 11.9 Å². The van der Waals surface area contributed by atoms with Crippen molar-refractivity contribution in [1.29, 1.82) is 0 Å². The van der Waals surface area contributed by atoms with Gasteiger partial charge in [0.25, 0.3) is 0 Å². The van der Waals surface area contributed by atoms with Crippen molar-refractivity contribution in [2.75, 3.05) is 5.32 Å². The summed E-state index contributed by atoms with van der Waals surface area (Å²) in [5.74, 6) is -0.484. The summed E-state index contributed by atoms with van der Waals surface area (Å²) in [5.41, 5.74) is 1.17. The highest BCUT2D eigenvalue weighted by Crippen LogP contribution is 2.21. The molecule has 1 unspecified atom stereocenters. The molecule has 7 nitrogen and oxygen atoms in total. The molecule has 0 saturated heterocycles. The molecule has 25 heavy (non-hydrogen) atoms. The average molecular weight is 341 g/mol. The molecule has 1 aromatic heterocycles. The van der Waals surface area contributed by atoms with Gasteiger partial charge in [-0.05, 0) is 41.1 Å². The lowest BCUT2D eigenvalue weighted by atomic mass is 10.1. The number of halogens is 1. The van der Waals surface area contributed by atoms with Crippen LogP contribution in [-0.2, 0) is 4.79 Å². The standard InChI is InChI=1S/C17H16FN5O2/c1-11-20-21-22-23(11)15-9-13(7-8-14(15)18)19-17(25)10-16(24)12-5-3-2-4-6-12/h2-9,16,24H,10H2,1H3,(H,19,25). The van der Waals surface area contributed by atoms with Gasteiger partial charge in [0.1, 0.15) is 11.5 Å². The Morgan fingerprint density at radius 1 is 1.28 bits per heavy atom. The molecule has 0 aliphatic carbocycles. The zero-order valence-electron chi connectivity index (χ0n) is 13.4. The minimum Gasteiger partial charge on any atom is -0.388 e. The highest BCUT2D eigenvalue weighted by atomic mass is 19.1. The molecule has 1 amide bonds. The van der Waals surface area contributed by atoms with E-state index >= 15 is 0 Å². The van der Waals surface area contributed by atoms with Gasteiger partial charge in [-0.25, -0.2) is 4.39 Å². The van der Waals surface area contributed by atoms with Crippen molar-refractivity contribution in [3.63, 3.8) is 0 Å². The van der Waals surface area contributed by atoms with Gasteiger partial charge in [-0.3, -0.25) is 4.79 Å². The van der Waals surface area contributed by atoms with Crippen LogP contribution in [0.1, 0.15) is 23.9 Å². The van der Waals surface area contributed by atoms with Crippen molar-refractivity contribution in [2.24, 2.45) is 0 Å². The molecule has 1 atom stereocenters. The van der Waals surface area contributed by atoms with E-state index in [0.29, 0.717) is 17.1 Å². The van der Waals surface area contributed by atoms with Gasteiger partial charge in [-0.15, -0.1) is 5.10 Å². The van der Waals surface area contributed by atoms with Crippen LogP contribution in [0.15, 0.2) is 48.5 Å². The number of anilines is 1. The average Bonchev–Trinajstić information content (AvgIpc) is 3.03. The lowest BCUT2D eigenvalue weighted by molar-refractivity contribution is -0.118. The van der Waals surface area contributed by atoms with Gasteiger partial charge in [-0.1, -0.05) is 30.3 Å². The Morgan fingerprint density at radius 2 is 2.04 bits per heavy atom. The highest BCUT2D eigenvalue weighted by Gasteiger charge is 2.15. The second-order valence-corrected chi connectivity index (χ2v) is 5.48. The van der Waals surface area contributed by atoms with Crippen LogP contribution in [0.3, 0.4) is 0 Å². The maximum Gasteiger partial charge on any atom is 0.227 e. The quantitative estimate of drug-likeness (QED) is 0.742. The van der Waals surface area contributed by atoms with Crippen LogP contribution >= 0.6 is 0 Å². The second-order valence-electron chi connectivity index (χ2n) is 5.48. The van der Waals surface area contributed by atoms with Crippen LogP contribution in [0.25, 0.3) is 5.69 Å². The zero-order valence-corrected chi connectivity index (χ0v) is 13.4. The molecule has 0 fully saturated rings. The Morgan fingerprint density at radius 3 is 2.72 bits per heavy atom. The number of hydrogen-bond acceptors (Lipinski definition) is 5. The van der Waals surface area contributed by atoms with Gasteiger partial charge in [0.15, 0.2) is 5.82 Å². The molecule has 8 heteroatoms. The minimum absolute atomic E-state index is 0.110.